The maximum absolute atomic E-state index is 12.4. The molecule has 0 unspecified atom stereocenters. The number of hydrogen-bond acceptors (Lipinski definition) is 13. The topological polar surface area (TPSA) is 241 Å². The molecular formula is C116H170O13. The minimum absolute atomic E-state index is 0.0369. The van der Waals surface area contributed by atoms with Crippen LogP contribution in [0.5, 0.6) is 0 Å². The van der Waals surface area contributed by atoms with Crippen LogP contribution >= 0.6 is 0 Å². The van der Waals surface area contributed by atoms with Crippen LogP contribution in [-0.4, -0.2) is 107 Å². The molecule has 6 N–H and O–H groups in total. The second-order valence-electron chi connectivity index (χ2n) is 52.2. The molecule has 24 aliphatic carbocycles. The summed E-state index contributed by atoms with van der Waals surface area (Å²) < 4.78 is 0. The number of Topliss-reactive ketones (excluding diaryl/α,β-unsaturated/α-hetero) is 6. The first-order chi connectivity index (χ1) is 61.0. The van der Waals surface area contributed by atoms with Gasteiger partial charge < -0.3 is 30.6 Å². The second kappa shape index (κ2) is 33.3. The molecule has 19 fully saturated rings. The van der Waals surface area contributed by atoms with Crippen LogP contribution in [0.3, 0.4) is 0 Å². The van der Waals surface area contributed by atoms with E-state index in [9.17, 15) is 64.2 Å². The largest absolute Gasteiger partial charge is 0.393 e. The number of aliphatic hydroxyl groups excluding tert-OH is 4. The van der Waals surface area contributed by atoms with Crippen LogP contribution in [-0.2, 0) is 33.6 Å². The average Bonchev–Trinajstić information content (AvgIpc) is 1.61. The maximum atomic E-state index is 12.4. The maximum Gasteiger partial charge on any atom is 0.155 e. The van der Waals surface area contributed by atoms with Crippen molar-refractivity contribution in [2.75, 3.05) is 0 Å². The van der Waals surface area contributed by atoms with E-state index >= 15 is 0 Å². The normalized spacial score (nSPS) is 52.7. The number of allylic oxidation sites excluding steroid dienone is 10. The smallest absolute Gasteiger partial charge is 0.155 e. The Balaban J connectivity index is 0.000000101. The average molecular weight is 1770 g/mol. The molecule has 0 radical (unpaired) electrons. The van der Waals surface area contributed by atoms with Crippen molar-refractivity contribution in [1.29, 1.82) is 0 Å². The van der Waals surface area contributed by atoms with Gasteiger partial charge in [0.15, 0.2) is 5.78 Å². The fourth-order valence-electron chi connectivity index (χ4n) is 38.7. The van der Waals surface area contributed by atoms with Gasteiger partial charge in [0.1, 0.15) is 34.7 Å². The second-order valence-corrected chi connectivity index (χ2v) is 52.2. The lowest BCUT2D eigenvalue weighted by Gasteiger charge is -2.64. The lowest BCUT2D eigenvalue weighted by atomic mass is 9.43. The molecule has 0 saturated heterocycles. The third-order valence-corrected chi connectivity index (χ3v) is 47.6. The summed E-state index contributed by atoms with van der Waals surface area (Å²) in [5, 5.41) is 64.1. The molecule has 19 saturated carbocycles. The zero-order chi connectivity index (χ0) is 91.5. The first-order valence-corrected chi connectivity index (χ1v) is 54.0. The third kappa shape index (κ3) is 14.4. The molecule has 35 atom stereocenters. The van der Waals surface area contributed by atoms with E-state index in [1.165, 1.54) is 83.5 Å². The monoisotopic (exact) mass is 1770 g/mol. The molecule has 13 nitrogen and oxygen atoms in total. The summed E-state index contributed by atoms with van der Waals surface area (Å²) in [6.45, 7) is 30.0. The van der Waals surface area contributed by atoms with E-state index in [2.05, 4.69) is 120 Å². The van der Waals surface area contributed by atoms with Crippen molar-refractivity contribution >= 4 is 40.5 Å². The van der Waals surface area contributed by atoms with Crippen LogP contribution in [0, 0.1) is 166 Å². The van der Waals surface area contributed by atoms with Gasteiger partial charge in [0.05, 0.1) is 35.6 Å². The Morgan fingerprint density at radius 2 is 0.682 bits per heavy atom. The number of rotatable bonds is 0. The number of carbonyl (C=O) groups is 7. The first-order valence-electron chi connectivity index (χ1n) is 54.0. The highest BCUT2D eigenvalue weighted by atomic mass is 16.3. The molecule has 0 amide bonds. The summed E-state index contributed by atoms with van der Waals surface area (Å²) in [5.41, 5.74) is 9.20. The van der Waals surface area contributed by atoms with Crippen molar-refractivity contribution in [2.24, 2.45) is 166 Å². The van der Waals surface area contributed by atoms with Gasteiger partial charge in [-0.3, -0.25) is 33.6 Å². The summed E-state index contributed by atoms with van der Waals surface area (Å²) in [6, 6.07) is 0. The zero-order valence-corrected chi connectivity index (χ0v) is 82.3. The Hall–Kier alpha value is -4.11. The van der Waals surface area contributed by atoms with Crippen molar-refractivity contribution in [3.8, 4) is 0 Å². The highest BCUT2D eigenvalue weighted by Crippen LogP contribution is 2.73. The van der Waals surface area contributed by atoms with E-state index in [-0.39, 0.29) is 85.4 Å². The van der Waals surface area contributed by atoms with Gasteiger partial charge in [-0.25, -0.2) is 0 Å². The Kier molecular flexibility index (Phi) is 24.3. The number of hydrogen-bond donors (Lipinski definition) is 6. The Morgan fingerprint density at radius 1 is 0.302 bits per heavy atom. The van der Waals surface area contributed by atoms with Crippen LogP contribution in [0.15, 0.2) is 69.9 Å². The van der Waals surface area contributed by atoms with Gasteiger partial charge >= 0.3 is 0 Å². The van der Waals surface area contributed by atoms with Crippen molar-refractivity contribution < 1.29 is 64.2 Å². The molecule has 0 aromatic heterocycles. The lowest BCUT2D eigenvalue weighted by Crippen LogP contribution is -2.65. The molecule has 0 aromatic carbocycles. The molecule has 24 rings (SSSR count). The summed E-state index contributed by atoms with van der Waals surface area (Å²) in [7, 11) is 0. The molecule has 0 heterocycles. The first kappa shape index (κ1) is 93.9. The van der Waals surface area contributed by atoms with Crippen molar-refractivity contribution in [2.45, 2.75) is 440 Å². The fraction of sp³-hybridized carbons (Fsp3) is 0.836. The third-order valence-electron chi connectivity index (χ3n) is 47.6. The Bertz CT molecular complexity index is 4660. The van der Waals surface area contributed by atoms with Crippen LogP contribution in [0.25, 0.3) is 0 Å². The molecule has 0 aromatic rings. The number of ketones is 7. The van der Waals surface area contributed by atoms with E-state index in [1.54, 1.807) is 27.9 Å². The minimum atomic E-state index is -0.730. The minimum Gasteiger partial charge on any atom is -0.393 e. The molecule has 129 heavy (non-hydrogen) atoms. The summed E-state index contributed by atoms with van der Waals surface area (Å²) in [5.74, 6) is 12.5. The summed E-state index contributed by atoms with van der Waals surface area (Å²) >= 11 is 0. The van der Waals surface area contributed by atoms with E-state index in [0.29, 0.717) is 166 Å². The lowest BCUT2D eigenvalue weighted by molar-refractivity contribution is -0.228. The Morgan fingerprint density at radius 3 is 1.18 bits per heavy atom. The molecule has 712 valence electrons. The summed E-state index contributed by atoms with van der Waals surface area (Å²) in [4.78, 5) is 85.0. The number of fused-ring (bicyclic) bond motifs is 30. The van der Waals surface area contributed by atoms with Gasteiger partial charge in [0, 0.05) is 95.7 Å². The van der Waals surface area contributed by atoms with Gasteiger partial charge in [-0.15, -0.1) is 0 Å². The van der Waals surface area contributed by atoms with Crippen molar-refractivity contribution in [3.63, 3.8) is 0 Å². The molecule has 13 heteroatoms. The van der Waals surface area contributed by atoms with Crippen LogP contribution in [0.1, 0.15) is 405 Å². The van der Waals surface area contributed by atoms with Gasteiger partial charge in [-0.2, -0.15) is 0 Å². The molecule has 0 bridgehead atoms. The predicted octanol–water partition coefficient (Wildman–Crippen LogP) is 23.4. The highest BCUT2D eigenvalue weighted by molar-refractivity contribution is 5.92. The van der Waals surface area contributed by atoms with Crippen molar-refractivity contribution in [1.82, 2.24) is 0 Å². The van der Waals surface area contributed by atoms with Gasteiger partial charge in [-0.05, 0) is 398 Å². The SMILES string of the molecule is C/C=C1/CC[C@H]2[C@@H]3CC[C@@H]4C[C@H](O)CC[C@]4(C)C3=CC[C@]12C.C[C@]12CC=C3[C@@H](CC[C@@H]4C[C@H](O)CC[C@]34C)[C@@H]1CC[C@@H]2O.C[C@]12CCC(=O)C=C1CC[C@H]1[C@@H]3CCC(=O)[C@@]3(C)CC[C@@]12O.C[C@]12CCC(=O)C[C@H]1CC[C@@H]1C2=CC[C@]2(C)C(=O)CC[C@@H]12.C[C@]12CCC(=O)C[C@H]1CC[C@H]1[C@@H]3CCC(=O)[C@@]3(C)CC[C@@]12O.C[C@]12CC[C@@H](O)C[C@H]1CC[C@@H]1C2=CC[C@]2(C)C(=O)CC[C@@H]12. The standard InChI is InChI=1S/C21H32O.C19H28O3.C19H26O3.C19H30O2.C19H28O2.C19H26O2/c1-4-14-6-8-18-17-7-5-15-13-16(22)9-11-21(15,3)19(17)10-12-20(14,18)2;2*1-17-9-10-19(22)15(14(17)5-6-16(17)21)4-3-12-11-13(20)7-8-18(12,19)2;3*1-18-9-7-13(20)11-12(18)3-4-14-15-5-6-17(21)19(15,2)10-8-16(14)18/h4,10,15-18,22H,5-9,11-13H2,1-3H3;12,14-15,22H,3-11H2,1-2H3;11,14-15,22H,3-10H2,1-2H3;8,12-15,17,20-21H,3-7,9-11H2,1-2H3;8,12-15,20H,3-7,9-11H2,1-2H3;8,12,14-15H,3-7,9-11H2,1-2H3/b14-4-;;;;;/t15-,16-,17+,18+,20-,21+;12-,14+,15+,17+,18+,19-;14-,15-,17-,18-,19+;12-,13-,14+,15+,17+,18+,19+;12-,13-,14+,15+,18+,19+;12-,14+,15+,18+,19+/m110111/s1. The van der Waals surface area contributed by atoms with E-state index in [4.69, 9.17) is 0 Å². The highest BCUT2D eigenvalue weighted by Gasteiger charge is 2.70. The number of carbonyl (C=O) groups excluding carboxylic acids is 7. The van der Waals surface area contributed by atoms with Gasteiger partial charge in [-0.1, -0.05) is 147 Å². The van der Waals surface area contributed by atoms with E-state index < -0.39 is 11.2 Å². The predicted molar refractivity (Wildman–Crippen MR) is 506 cm³/mol. The van der Waals surface area contributed by atoms with E-state index in [1.807, 2.05) is 6.08 Å². The quantitative estimate of drug-likeness (QED) is 0.124. The van der Waals surface area contributed by atoms with Gasteiger partial charge in [0.2, 0.25) is 0 Å². The van der Waals surface area contributed by atoms with Crippen LogP contribution < -0.4 is 0 Å². The Labute approximate surface area is 775 Å². The van der Waals surface area contributed by atoms with Crippen molar-refractivity contribution in [3.05, 3.63) is 69.9 Å². The number of aliphatic hydroxyl groups is 6. The molecule has 24 aliphatic rings. The van der Waals surface area contributed by atoms with Crippen LogP contribution in [0.2, 0.25) is 0 Å². The molecule has 0 spiro atoms. The zero-order valence-electron chi connectivity index (χ0n) is 82.3. The molecule has 0 aliphatic heterocycles. The van der Waals surface area contributed by atoms with Crippen LogP contribution in [0.4, 0.5) is 0 Å². The fourth-order valence-corrected chi connectivity index (χ4v) is 38.7. The van der Waals surface area contributed by atoms with Gasteiger partial charge in [0.25, 0.3) is 0 Å². The van der Waals surface area contributed by atoms with E-state index in [0.717, 1.165) is 216 Å². The summed E-state index contributed by atoms with van der Waals surface area (Å²) in [6.07, 6.45) is 62.9. The molecular weight excluding hydrogens is 1600 g/mol.